The number of nitrogens with one attached hydrogen (secondary N) is 1. The minimum absolute atomic E-state index is 0.00250. The van der Waals surface area contributed by atoms with E-state index in [1.54, 1.807) is 12.3 Å². The molecule has 2 aromatic rings. The van der Waals surface area contributed by atoms with Crippen molar-refractivity contribution in [1.82, 2.24) is 24.8 Å². The molecule has 10 heteroatoms. The van der Waals surface area contributed by atoms with Gasteiger partial charge in [0.25, 0.3) is 5.56 Å². The fraction of sp³-hybridized carbons (Fsp3) is 0.286. The first-order valence-corrected chi connectivity index (χ1v) is 7.14. The number of anilines is 1. The summed E-state index contributed by atoms with van der Waals surface area (Å²) in [5.41, 5.74) is 6.70. The molecule has 3 heterocycles. The van der Waals surface area contributed by atoms with E-state index < -0.39 is 11.7 Å². The summed E-state index contributed by atoms with van der Waals surface area (Å²) >= 11 is 0. The van der Waals surface area contributed by atoms with Crippen LogP contribution in [-0.2, 0) is 11.3 Å². The zero-order valence-electron chi connectivity index (χ0n) is 12.9. The summed E-state index contributed by atoms with van der Waals surface area (Å²) in [6.07, 6.45) is 5.06. The van der Waals surface area contributed by atoms with E-state index in [9.17, 15) is 9.59 Å². The molecule has 124 valence electrons. The third kappa shape index (κ3) is 3.21. The zero-order chi connectivity index (χ0) is 17.1. The first-order valence-electron chi connectivity index (χ1n) is 7.14. The van der Waals surface area contributed by atoms with E-state index in [4.69, 9.17) is 5.73 Å². The van der Waals surface area contributed by atoms with E-state index in [1.807, 2.05) is 0 Å². The largest absolute Gasteiger partial charge is 0.452 e. The van der Waals surface area contributed by atoms with E-state index in [2.05, 4.69) is 29.7 Å². The van der Waals surface area contributed by atoms with Gasteiger partial charge in [0, 0.05) is 24.9 Å². The Hall–Kier alpha value is -3.30. The van der Waals surface area contributed by atoms with Crippen LogP contribution in [0.15, 0.2) is 28.3 Å². The number of methoxy groups -OCH3 is 1. The molecule has 3 N–H and O–H groups in total. The van der Waals surface area contributed by atoms with Crippen molar-refractivity contribution >= 4 is 28.9 Å². The Balaban J connectivity index is 1.76. The highest BCUT2D eigenvalue weighted by Gasteiger charge is 2.15. The van der Waals surface area contributed by atoms with Gasteiger partial charge in [-0.2, -0.15) is 4.98 Å². The number of fused-ring (bicyclic) bond motifs is 1. The number of nitrogens with zero attached hydrogens (tertiary/aromatic N) is 5. The van der Waals surface area contributed by atoms with Crippen LogP contribution in [0.3, 0.4) is 0 Å². The zero-order valence-corrected chi connectivity index (χ0v) is 12.9. The molecule has 3 rings (SSSR count). The van der Waals surface area contributed by atoms with Crippen molar-refractivity contribution in [3.05, 3.63) is 34.5 Å². The van der Waals surface area contributed by atoms with Gasteiger partial charge in [-0.05, 0) is 6.08 Å². The van der Waals surface area contributed by atoms with Crippen LogP contribution in [0.5, 0.6) is 0 Å². The number of rotatable bonds is 2. The van der Waals surface area contributed by atoms with E-state index in [0.717, 1.165) is 5.71 Å². The number of aromatic nitrogens is 4. The summed E-state index contributed by atoms with van der Waals surface area (Å²) in [7, 11) is 1.34. The number of amides is 1. The Labute approximate surface area is 136 Å². The summed E-state index contributed by atoms with van der Waals surface area (Å²) in [5.74, 6) is -0.00250. The first kappa shape index (κ1) is 15.6. The lowest BCUT2D eigenvalue weighted by Gasteiger charge is -2.20. The van der Waals surface area contributed by atoms with Gasteiger partial charge in [-0.15, -0.1) is 0 Å². The minimum Gasteiger partial charge on any atom is -0.452 e. The average molecular weight is 329 g/mol. The molecule has 0 aromatic carbocycles. The van der Waals surface area contributed by atoms with Crippen molar-refractivity contribution in [2.45, 2.75) is 13.0 Å². The molecule has 1 aliphatic rings. The van der Waals surface area contributed by atoms with Crippen LogP contribution in [0.25, 0.3) is 11.2 Å². The van der Waals surface area contributed by atoms with Crippen molar-refractivity contribution in [1.29, 1.82) is 0 Å². The lowest BCUT2D eigenvalue weighted by atomic mass is 10.2. The van der Waals surface area contributed by atoms with Gasteiger partial charge in [-0.3, -0.25) is 19.7 Å². The number of aliphatic imine (C=N–C) groups is 1. The molecule has 0 saturated carbocycles. The number of nitrogen functional groups attached to an aromatic ring is 1. The van der Waals surface area contributed by atoms with Gasteiger partial charge in [0.05, 0.1) is 25.5 Å². The monoisotopic (exact) mass is 329 g/mol. The molecule has 0 bridgehead atoms. The third-order valence-electron chi connectivity index (χ3n) is 3.40. The topological polar surface area (TPSA) is 139 Å². The maximum absolute atomic E-state index is 11.8. The summed E-state index contributed by atoms with van der Waals surface area (Å²) in [4.78, 5) is 43.7. The van der Waals surface area contributed by atoms with Crippen molar-refractivity contribution in [3.8, 4) is 0 Å². The molecule has 0 aliphatic carbocycles. The number of allylic oxidation sites excluding steroid dienone is 1. The van der Waals surface area contributed by atoms with Crippen LogP contribution in [0, 0.1) is 0 Å². The molecular weight excluding hydrogens is 314 g/mol. The van der Waals surface area contributed by atoms with Gasteiger partial charge in [-0.25, -0.2) is 14.8 Å². The normalized spacial score (nSPS) is 15.9. The molecule has 1 aliphatic heterocycles. The Kier molecular flexibility index (Phi) is 4.18. The maximum Gasteiger partial charge on any atom is 0.413 e. The quantitative estimate of drug-likeness (QED) is 0.803. The highest BCUT2D eigenvalue weighted by Crippen LogP contribution is 2.08. The van der Waals surface area contributed by atoms with Crippen molar-refractivity contribution < 1.29 is 9.53 Å². The Morgan fingerprint density at radius 3 is 3.04 bits per heavy atom. The van der Waals surface area contributed by atoms with Crippen LogP contribution in [0.2, 0.25) is 0 Å². The molecule has 0 saturated heterocycles. The van der Waals surface area contributed by atoms with Crippen LogP contribution in [0.4, 0.5) is 10.7 Å². The average Bonchev–Trinajstić information content (AvgIpc) is 2.60. The van der Waals surface area contributed by atoms with Gasteiger partial charge in [0.15, 0.2) is 11.2 Å². The first-order chi connectivity index (χ1) is 11.6. The number of hydrogen-bond acceptors (Lipinski definition) is 8. The molecule has 0 radical (unpaired) electrons. The number of ether oxygens (including phenoxy) is 1. The number of nitrogens with two attached hydrogens (primary N) is 1. The fourth-order valence-corrected chi connectivity index (χ4v) is 2.20. The lowest BCUT2D eigenvalue weighted by molar-refractivity contribution is 0.140. The van der Waals surface area contributed by atoms with E-state index in [-0.39, 0.29) is 23.7 Å². The number of carbonyl (C=O) groups is 1. The van der Waals surface area contributed by atoms with Gasteiger partial charge in [0.1, 0.15) is 0 Å². The van der Waals surface area contributed by atoms with E-state index in [1.165, 1.54) is 18.2 Å². The van der Waals surface area contributed by atoms with Crippen LogP contribution in [0.1, 0.15) is 12.1 Å². The van der Waals surface area contributed by atoms with Crippen LogP contribution < -0.4 is 11.3 Å². The summed E-state index contributed by atoms with van der Waals surface area (Å²) in [6, 6.07) is 0. The lowest BCUT2D eigenvalue weighted by Crippen LogP contribution is -2.30. The van der Waals surface area contributed by atoms with E-state index in [0.29, 0.717) is 18.7 Å². The predicted octanol–water partition coefficient (Wildman–Crippen LogP) is 0.222. The third-order valence-corrected chi connectivity index (χ3v) is 3.40. The molecule has 0 fully saturated rings. The van der Waals surface area contributed by atoms with Crippen molar-refractivity contribution in [2.75, 3.05) is 19.4 Å². The molecule has 0 atom stereocenters. The fourth-order valence-electron chi connectivity index (χ4n) is 2.20. The second kappa shape index (κ2) is 6.44. The Bertz CT molecular complexity index is 903. The van der Waals surface area contributed by atoms with Crippen molar-refractivity contribution in [3.63, 3.8) is 0 Å². The minimum atomic E-state index is -0.439. The van der Waals surface area contributed by atoms with Crippen LogP contribution in [-0.4, -0.2) is 50.3 Å². The smallest absolute Gasteiger partial charge is 0.413 e. The Morgan fingerprint density at radius 1 is 1.50 bits per heavy atom. The highest BCUT2D eigenvalue weighted by atomic mass is 16.5. The van der Waals surface area contributed by atoms with E-state index >= 15 is 0 Å². The standard InChI is InChI=1S/C14H15N7O3/c1-24-14(23)21-4-2-8(3-5-21)16-6-9-7-17-11-10(18-9)12(22)20-13(15)19-11/h2,4,7H,3,5-6H2,1H3,(H3,15,17,19,20,22). The molecule has 24 heavy (non-hydrogen) atoms. The number of hydrogen-bond donors (Lipinski definition) is 2. The highest BCUT2D eigenvalue weighted by molar-refractivity contribution is 5.96. The second-order valence-corrected chi connectivity index (χ2v) is 5.02. The van der Waals surface area contributed by atoms with Gasteiger partial charge < -0.3 is 10.5 Å². The summed E-state index contributed by atoms with van der Waals surface area (Å²) in [5, 5.41) is 0. The molecule has 0 unspecified atom stereocenters. The van der Waals surface area contributed by atoms with Gasteiger partial charge >= 0.3 is 6.09 Å². The number of carbonyl (C=O) groups excluding carboxylic acids is 1. The predicted molar refractivity (Wildman–Crippen MR) is 86.4 cm³/mol. The molecule has 10 nitrogen and oxygen atoms in total. The summed E-state index contributed by atoms with van der Waals surface area (Å²) in [6.45, 7) is 0.763. The molecular formula is C14H15N7O3. The van der Waals surface area contributed by atoms with Crippen LogP contribution >= 0.6 is 0 Å². The summed E-state index contributed by atoms with van der Waals surface area (Å²) < 4.78 is 4.64. The molecule has 1 amide bonds. The van der Waals surface area contributed by atoms with Crippen molar-refractivity contribution in [2.24, 2.45) is 4.99 Å². The second-order valence-electron chi connectivity index (χ2n) is 5.02. The SMILES string of the molecule is COC(=O)N1C=CC(=NCc2cnc3nc(N)[nH]c(=O)c3n2)CC1. The molecule has 2 aromatic heterocycles. The Morgan fingerprint density at radius 2 is 2.33 bits per heavy atom. The number of H-pyrrole nitrogens is 1. The van der Waals surface area contributed by atoms with Gasteiger partial charge in [0.2, 0.25) is 5.95 Å². The van der Waals surface area contributed by atoms with Gasteiger partial charge in [-0.1, -0.05) is 0 Å². The molecule has 0 spiro atoms. The number of aromatic amines is 1. The maximum atomic E-state index is 11.8.